The van der Waals surface area contributed by atoms with Crippen molar-refractivity contribution < 1.29 is 23.9 Å². The van der Waals surface area contributed by atoms with Gasteiger partial charge in [-0.05, 0) is 43.2 Å². The predicted octanol–water partition coefficient (Wildman–Crippen LogP) is 3.01. The molecule has 2 fully saturated rings. The molecule has 2 aliphatic carbocycles. The number of ketones is 1. The van der Waals surface area contributed by atoms with Crippen LogP contribution >= 0.6 is 15.9 Å². The van der Waals surface area contributed by atoms with E-state index in [4.69, 9.17) is 9.47 Å². The largest absolute Gasteiger partial charge is 0.469 e. The fourth-order valence-electron chi connectivity index (χ4n) is 4.06. The summed E-state index contributed by atoms with van der Waals surface area (Å²) in [4.78, 5) is 36.6. The molecule has 5 nitrogen and oxygen atoms in total. The Balaban J connectivity index is 1.63. The number of esters is 2. The van der Waals surface area contributed by atoms with Crippen LogP contribution < -0.4 is 0 Å². The van der Waals surface area contributed by atoms with E-state index in [0.717, 1.165) is 23.7 Å². The summed E-state index contributed by atoms with van der Waals surface area (Å²) in [6.07, 6.45) is 2.74. The standard InChI is InChI=1S/C18H19BrO5/c1-23-17(21)15-11-2-3-12(8-11)16(15)18(22)24-9-14(20)10-4-6-13(19)7-5-10/h4-7,11-12,15-16H,2-3,8-9H2,1H3/t11-,12-,15-,16-/m1/s1. The first-order chi connectivity index (χ1) is 11.5. The average Bonchev–Trinajstić information content (AvgIpc) is 3.20. The van der Waals surface area contributed by atoms with Crippen LogP contribution in [-0.2, 0) is 19.1 Å². The van der Waals surface area contributed by atoms with Crippen LogP contribution in [0, 0.1) is 23.7 Å². The van der Waals surface area contributed by atoms with Crippen molar-refractivity contribution >= 4 is 33.7 Å². The number of Topliss-reactive ketones (excluding diaryl/α,β-unsaturated/α-hetero) is 1. The number of ether oxygens (including phenoxy) is 2. The molecule has 4 atom stereocenters. The van der Waals surface area contributed by atoms with E-state index in [0.29, 0.717) is 5.56 Å². The number of hydrogen-bond acceptors (Lipinski definition) is 5. The van der Waals surface area contributed by atoms with Crippen LogP contribution in [0.3, 0.4) is 0 Å². The summed E-state index contributed by atoms with van der Waals surface area (Å²) in [6, 6.07) is 6.88. The minimum atomic E-state index is -0.478. The van der Waals surface area contributed by atoms with Gasteiger partial charge in [0.1, 0.15) is 0 Å². The first kappa shape index (κ1) is 17.1. The summed E-state index contributed by atoms with van der Waals surface area (Å²) in [6.45, 7) is -0.303. The molecule has 0 saturated heterocycles. The zero-order chi connectivity index (χ0) is 17.3. The molecule has 2 saturated carbocycles. The monoisotopic (exact) mass is 394 g/mol. The molecule has 2 bridgehead atoms. The van der Waals surface area contributed by atoms with Gasteiger partial charge in [0.25, 0.3) is 0 Å². The third-order valence-electron chi connectivity index (χ3n) is 5.17. The molecular formula is C18H19BrO5. The van der Waals surface area contributed by atoms with Crippen molar-refractivity contribution in [2.45, 2.75) is 19.3 Å². The van der Waals surface area contributed by atoms with E-state index in [1.54, 1.807) is 24.3 Å². The maximum Gasteiger partial charge on any atom is 0.310 e. The molecule has 0 spiro atoms. The van der Waals surface area contributed by atoms with Crippen molar-refractivity contribution in [2.24, 2.45) is 23.7 Å². The highest BCUT2D eigenvalue weighted by atomic mass is 79.9. The van der Waals surface area contributed by atoms with E-state index in [9.17, 15) is 14.4 Å². The lowest BCUT2D eigenvalue weighted by Crippen LogP contribution is -2.37. The van der Waals surface area contributed by atoms with E-state index < -0.39 is 17.8 Å². The molecule has 3 rings (SSSR count). The number of carbonyl (C=O) groups is 3. The Morgan fingerprint density at radius 1 is 1.04 bits per heavy atom. The van der Waals surface area contributed by atoms with Gasteiger partial charge in [-0.15, -0.1) is 0 Å². The quantitative estimate of drug-likeness (QED) is 0.566. The average molecular weight is 395 g/mol. The molecule has 0 N–H and O–H groups in total. The number of methoxy groups -OCH3 is 1. The van der Waals surface area contributed by atoms with Gasteiger partial charge >= 0.3 is 11.9 Å². The fraction of sp³-hybridized carbons (Fsp3) is 0.500. The van der Waals surface area contributed by atoms with Crippen molar-refractivity contribution in [2.75, 3.05) is 13.7 Å². The Kier molecular flexibility index (Phi) is 5.04. The normalized spacial score (nSPS) is 27.8. The highest BCUT2D eigenvalue weighted by Gasteiger charge is 2.55. The summed E-state index contributed by atoms with van der Waals surface area (Å²) in [5.41, 5.74) is 0.489. The molecule has 1 aromatic rings. The van der Waals surface area contributed by atoms with Gasteiger partial charge in [-0.25, -0.2) is 0 Å². The molecule has 0 aromatic heterocycles. The van der Waals surface area contributed by atoms with Gasteiger partial charge < -0.3 is 9.47 Å². The lowest BCUT2D eigenvalue weighted by molar-refractivity contribution is -0.161. The Hall–Kier alpha value is -1.69. The number of rotatable bonds is 5. The fourth-order valence-corrected chi connectivity index (χ4v) is 4.32. The number of halogens is 1. The molecule has 0 aliphatic heterocycles. The topological polar surface area (TPSA) is 69.7 Å². The van der Waals surface area contributed by atoms with Crippen molar-refractivity contribution in [3.05, 3.63) is 34.3 Å². The molecule has 24 heavy (non-hydrogen) atoms. The third-order valence-corrected chi connectivity index (χ3v) is 5.70. The molecule has 0 heterocycles. The molecule has 0 amide bonds. The van der Waals surface area contributed by atoms with Crippen molar-refractivity contribution in [1.29, 1.82) is 0 Å². The molecular weight excluding hydrogens is 376 g/mol. The van der Waals surface area contributed by atoms with Crippen molar-refractivity contribution in [3.8, 4) is 0 Å². The van der Waals surface area contributed by atoms with Gasteiger partial charge in [0.2, 0.25) is 0 Å². The van der Waals surface area contributed by atoms with Gasteiger partial charge in [0.15, 0.2) is 12.4 Å². The van der Waals surface area contributed by atoms with Crippen molar-refractivity contribution in [1.82, 2.24) is 0 Å². The highest BCUT2D eigenvalue weighted by molar-refractivity contribution is 9.10. The number of benzene rings is 1. The maximum absolute atomic E-state index is 12.5. The second kappa shape index (κ2) is 7.05. The lowest BCUT2D eigenvalue weighted by atomic mass is 9.79. The molecule has 2 aliphatic rings. The van der Waals surface area contributed by atoms with Gasteiger partial charge in [-0.3, -0.25) is 14.4 Å². The molecule has 128 valence electrons. The smallest absolute Gasteiger partial charge is 0.310 e. The van der Waals surface area contributed by atoms with E-state index in [1.165, 1.54) is 7.11 Å². The minimum Gasteiger partial charge on any atom is -0.469 e. The summed E-state index contributed by atoms with van der Waals surface area (Å²) >= 11 is 3.31. The Bertz CT molecular complexity index is 654. The summed E-state index contributed by atoms with van der Waals surface area (Å²) in [5, 5.41) is 0. The lowest BCUT2D eigenvalue weighted by Gasteiger charge is -2.27. The Morgan fingerprint density at radius 2 is 1.62 bits per heavy atom. The first-order valence-corrected chi connectivity index (χ1v) is 8.83. The molecule has 6 heteroatoms. The van der Waals surface area contributed by atoms with Crippen LogP contribution in [-0.4, -0.2) is 31.4 Å². The Labute approximate surface area is 148 Å². The predicted molar refractivity (Wildman–Crippen MR) is 89.3 cm³/mol. The zero-order valence-electron chi connectivity index (χ0n) is 13.4. The number of carbonyl (C=O) groups excluding carboxylic acids is 3. The van der Waals surface area contributed by atoms with Gasteiger partial charge in [-0.2, -0.15) is 0 Å². The zero-order valence-corrected chi connectivity index (χ0v) is 15.0. The van der Waals surface area contributed by atoms with E-state index in [-0.39, 0.29) is 30.2 Å². The van der Waals surface area contributed by atoms with Crippen LogP contribution in [0.15, 0.2) is 28.7 Å². The summed E-state index contributed by atoms with van der Waals surface area (Å²) in [7, 11) is 1.34. The summed E-state index contributed by atoms with van der Waals surface area (Å²) < 4.78 is 11.0. The van der Waals surface area contributed by atoms with E-state index in [2.05, 4.69) is 15.9 Å². The highest BCUT2D eigenvalue weighted by Crippen LogP contribution is 2.53. The van der Waals surface area contributed by atoms with Crippen molar-refractivity contribution in [3.63, 3.8) is 0 Å². The second-order valence-electron chi connectivity index (χ2n) is 6.45. The summed E-state index contributed by atoms with van der Waals surface area (Å²) in [5.74, 6) is -1.60. The van der Waals surface area contributed by atoms with Gasteiger partial charge in [0, 0.05) is 10.0 Å². The maximum atomic E-state index is 12.5. The first-order valence-electron chi connectivity index (χ1n) is 8.04. The van der Waals surface area contributed by atoms with Crippen LogP contribution in [0.5, 0.6) is 0 Å². The molecule has 0 radical (unpaired) electrons. The second-order valence-corrected chi connectivity index (χ2v) is 7.36. The third kappa shape index (κ3) is 3.24. The van der Waals surface area contributed by atoms with Crippen LogP contribution in [0.25, 0.3) is 0 Å². The SMILES string of the molecule is COC(=O)[C@@H]1[C@@H]2CC[C@H](C2)[C@H]1C(=O)OCC(=O)c1ccc(Br)cc1. The molecule has 0 unspecified atom stereocenters. The van der Waals surface area contributed by atoms with Crippen LogP contribution in [0.2, 0.25) is 0 Å². The van der Waals surface area contributed by atoms with Gasteiger partial charge in [0.05, 0.1) is 18.9 Å². The minimum absolute atomic E-state index is 0.161. The van der Waals surface area contributed by atoms with E-state index in [1.807, 2.05) is 0 Å². The van der Waals surface area contributed by atoms with E-state index >= 15 is 0 Å². The van der Waals surface area contributed by atoms with Crippen LogP contribution in [0.1, 0.15) is 29.6 Å². The Morgan fingerprint density at radius 3 is 2.21 bits per heavy atom. The van der Waals surface area contributed by atoms with Gasteiger partial charge in [-0.1, -0.05) is 28.1 Å². The van der Waals surface area contributed by atoms with Crippen LogP contribution in [0.4, 0.5) is 0 Å². The number of fused-ring (bicyclic) bond motifs is 2. The number of hydrogen-bond donors (Lipinski definition) is 0. The molecule has 1 aromatic carbocycles.